The third-order valence-corrected chi connectivity index (χ3v) is 3.84. The molecule has 0 spiro atoms. The van der Waals surface area contributed by atoms with Crippen molar-refractivity contribution in [3.8, 4) is 0 Å². The van der Waals surface area contributed by atoms with Gasteiger partial charge in [-0.25, -0.2) is 4.39 Å². The molecule has 2 nitrogen and oxygen atoms in total. The van der Waals surface area contributed by atoms with E-state index in [1.54, 1.807) is 6.07 Å². The molecule has 0 radical (unpaired) electrons. The minimum absolute atomic E-state index is 0.0188. The molecule has 3 unspecified atom stereocenters. The highest BCUT2D eigenvalue weighted by Gasteiger charge is 2.20. The molecule has 1 saturated carbocycles. The molecule has 18 heavy (non-hydrogen) atoms. The molecule has 2 rings (SSSR count). The summed E-state index contributed by atoms with van der Waals surface area (Å²) in [7, 11) is 0. The Labute approximate surface area is 108 Å². The predicted molar refractivity (Wildman–Crippen MR) is 70.8 cm³/mol. The second-order valence-electron chi connectivity index (χ2n) is 5.34. The van der Waals surface area contributed by atoms with Gasteiger partial charge in [-0.05, 0) is 44.7 Å². The molecule has 0 amide bonds. The predicted octanol–water partition coefficient (Wildman–Crippen LogP) is 3.03. The maximum atomic E-state index is 13.6. The Balaban J connectivity index is 1.84. The van der Waals surface area contributed by atoms with Crippen LogP contribution in [0.5, 0.6) is 0 Å². The molecule has 0 aliphatic heterocycles. The van der Waals surface area contributed by atoms with Gasteiger partial charge in [0.15, 0.2) is 0 Å². The Morgan fingerprint density at radius 3 is 2.89 bits per heavy atom. The molecule has 1 fully saturated rings. The molecular formula is C15H22FNO. The molecule has 100 valence electrons. The molecule has 2 N–H and O–H groups in total. The zero-order valence-electron chi connectivity index (χ0n) is 10.9. The second kappa shape index (κ2) is 6.30. The lowest BCUT2D eigenvalue weighted by molar-refractivity contribution is 0.0997. The van der Waals surface area contributed by atoms with Crippen LogP contribution in [0.25, 0.3) is 0 Å². The van der Waals surface area contributed by atoms with Crippen molar-refractivity contribution in [2.45, 2.75) is 44.8 Å². The van der Waals surface area contributed by atoms with Gasteiger partial charge >= 0.3 is 0 Å². The van der Waals surface area contributed by atoms with Gasteiger partial charge in [-0.15, -0.1) is 0 Å². The third kappa shape index (κ3) is 3.53. The first kappa shape index (κ1) is 13.5. The standard InChI is InChI=1S/C15H22FNO/c1-11(14-7-2-3-8-15(14)16)17-10-12-5-4-6-13(18)9-12/h2-3,7-8,11-13,17-18H,4-6,9-10H2,1H3. The van der Waals surface area contributed by atoms with E-state index in [-0.39, 0.29) is 18.0 Å². The maximum absolute atomic E-state index is 13.6. The number of halogens is 1. The first-order valence-electron chi connectivity index (χ1n) is 6.82. The van der Waals surface area contributed by atoms with Crippen molar-refractivity contribution in [2.24, 2.45) is 5.92 Å². The van der Waals surface area contributed by atoms with Crippen LogP contribution >= 0.6 is 0 Å². The lowest BCUT2D eigenvalue weighted by atomic mass is 9.87. The Morgan fingerprint density at radius 2 is 2.17 bits per heavy atom. The molecule has 0 bridgehead atoms. The van der Waals surface area contributed by atoms with Crippen LogP contribution in [0.2, 0.25) is 0 Å². The molecular weight excluding hydrogens is 229 g/mol. The number of aliphatic hydroxyl groups excluding tert-OH is 1. The number of rotatable bonds is 4. The van der Waals surface area contributed by atoms with E-state index in [1.165, 1.54) is 6.07 Å². The number of hydrogen-bond donors (Lipinski definition) is 2. The van der Waals surface area contributed by atoms with Crippen LogP contribution in [0.1, 0.15) is 44.2 Å². The van der Waals surface area contributed by atoms with Crippen molar-refractivity contribution in [1.82, 2.24) is 5.32 Å². The summed E-state index contributed by atoms with van der Waals surface area (Å²) in [5.41, 5.74) is 0.717. The van der Waals surface area contributed by atoms with Gasteiger partial charge < -0.3 is 10.4 Å². The summed E-state index contributed by atoms with van der Waals surface area (Å²) in [5, 5.41) is 13.0. The number of nitrogens with one attached hydrogen (secondary N) is 1. The van der Waals surface area contributed by atoms with Crippen molar-refractivity contribution in [3.63, 3.8) is 0 Å². The van der Waals surface area contributed by atoms with Crippen LogP contribution in [0.15, 0.2) is 24.3 Å². The smallest absolute Gasteiger partial charge is 0.127 e. The number of aliphatic hydroxyl groups is 1. The van der Waals surface area contributed by atoms with E-state index in [9.17, 15) is 9.50 Å². The highest BCUT2D eigenvalue weighted by molar-refractivity contribution is 5.20. The van der Waals surface area contributed by atoms with E-state index in [4.69, 9.17) is 0 Å². The third-order valence-electron chi connectivity index (χ3n) is 3.84. The summed E-state index contributed by atoms with van der Waals surface area (Å²) in [5.74, 6) is 0.365. The van der Waals surface area contributed by atoms with Crippen LogP contribution in [0.4, 0.5) is 4.39 Å². The van der Waals surface area contributed by atoms with Gasteiger partial charge in [0.25, 0.3) is 0 Å². The van der Waals surface area contributed by atoms with Crippen LogP contribution in [0.3, 0.4) is 0 Å². The summed E-state index contributed by atoms with van der Waals surface area (Å²) < 4.78 is 13.6. The summed E-state index contributed by atoms with van der Waals surface area (Å²) in [6, 6.07) is 6.91. The van der Waals surface area contributed by atoms with E-state index < -0.39 is 0 Å². The van der Waals surface area contributed by atoms with Gasteiger partial charge in [-0.2, -0.15) is 0 Å². The minimum Gasteiger partial charge on any atom is -0.393 e. The lowest BCUT2D eigenvalue weighted by Gasteiger charge is -2.27. The summed E-state index contributed by atoms with van der Waals surface area (Å²) >= 11 is 0. The molecule has 0 aromatic heterocycles. The first-order chi connectivity index (χ1) is 8.66. The fourth-order valence-corrected chi connectivity index (χ4v) is 2.73. The normalized spacial score (nSPS) is 25.9. The van der Waals surface area contributed by atoms with Gasteiger partial charge in [0.05, 0.1) is 6.10 Å². The Hall–Kier alpha value is -0.930. The van der Waals surface area contributed by atoms with Crippen molar-refractivity contribution in [2.75, 3.05) is 6.54 Å². The quantitative estimate of drug-likeness (QED) is 0.862. The maximum Gasteiger partial charge on any atom is 0.127 e. The van der Waals surface area contributed by atoms with E-state index in [1.807, 2.05) is 19.1 Å². The van der Waals surface area contributed by atoms with Gasteiger partial charge in [0, 0.05) is 11.6 Å². The van der Waals surface area contributed by atoms with Crippen LogP contribution < -0.4 is 5.32 Å². The molecule has 1 aliphatic carbocycles. The average Bonchev–Trinajstić information content (AvgIpc) is 2.37. The summed E-state index contributed by atoms with van der Waals surface area (Å²) in [6.07, 6.45) is 3.92. The molecule has 0 heterocycles. The summed E-state index contributed by atoms with van der Waals surface area (Å²) in [6.45, 7) is 2.84. The SMILES string of the molecule is CC(NCC1CCCC(O)C1)c1ccccc1F. The molecule has 0 saturated heterocycles. The lowest BCUT2D eigenvalue weighted by Crippen LogP contribution is -2.31. The van der Waals surface area contributed by atoms with Gasteiger partial charge in [-0.1, -0.05) is 24.6 Å². The van der Waals surface area contributed by atoms with Gasteiger partial charge in [0.1, 0.15) is 5.82 Å². The van der Waals surface area contributed by atoms with Crippen LogP contribution in [0, 0.1) is 11.7 Å². The van der Waals surface area contributed by atoms with Crippen molar-refractivity contribution in [3.05, 3.63) is 35.6 Å². The summed E-state index contributed by atoms with van der Waals surface area (Å²) in [4.78, 5) is 0. The van der Waals surface area contributed by atoms with E-state index >= 15 is 0 Å². The minimum atomic E-state index is -0.152. The number of hydrogen-bond acceptors (Lipinski definition) is 2. The van der Waals surface area contributed by atoms with Gasteiger partial charge in [-0.3, -0.25) is 0 Å². The Bertz CT molecular complexity index is 383. The molecule has 1 aromatic rings. The topological polar surface area (TPSA) is 32.3 Å². The second-order valence-corrected chi connectivity index (χ2v) is 5.34. The molecule has 1 aromatic carbocycles. The van der Waals surface area contributed by atoms with Crippen LogP contribution in [-0.2, 0) is 0 Å². The van der Waals surface area contributed by atoms with Gasteiger partial charge in [0.2, 0.25) is 0 Å². The van der Waals surface area contributed by atoms with Crippen molar-refractivity contribution < 1.29 is 9.50 Å². The Kier molecular flexibility index (Phi) is 4.72. The molecule has 1 aliphatic rings. The molecule has 3 atom stereocenters. The van der Waals surface area contributed by atoms with E-state index in [0.29, 0.717) is 11.5 Å². The first-order valence-corrected chi connectivity index (χ1v) is 6.82. The Morgan fingerprint density at radius 1 is 1.39 bits per heavy atom. The highest BCUT2D eigenvalue weighted by Crippen LogP contribution is 2.24. The highest BCUT2D eigenvalue weighted by atomic mass is 19.1. The largest absolute Gasteiger partial charge is 0.393 e. The average molecular weight is 251 g/mol. The fraction of sp³-hybridized carbons (Fsp3) is 0.600. The molecule has 3 heteroatoms. The van der Waals surface area contributed by atoms with Crippen LogP contribution in [-0.4, -0.2) is 17.8 Å². The van der Waals surface area contributed by atoms with Crippen molar-refractivity contribution in [1.29, 1.82) is 0 Å². The number of benzene rings is 1. The zero-order valence-corrected chi connectivity index (χ0v) is 10.9. The van der Waals surface area contributed by atoms with E-state index in [2.05, 4.69) is 5.32 Å². The monoisotopic (exact) mass is 251 g/mol. The fourth-order valence-electron chi connectivity index (χ4n) is 2.73. The zero-order chi connectivity index (χ0) is 13.0. The van der Waals surface area contributed by atoms with Crippen molar-refractivity contribution >= 4 is 0 Å². The van der Waals surface area contributed by atoms with E-state index in [0.717, 1.165) is 32.2 Å².